The Morgan fingerprint density at radius 3 is 2.50 bits per heavy atom. The molecule has 0 bridgehead atoms. The Hall–Kier alpha value is -1.91. The zero-order valence-corrected chi connectivity index (χ0v) is 7.49. The predicted molar refractivity (Wildman–Crippen MR) is 48.9 cm³/mol. The zero-order valence-electron chi connectivity index (χ0n) is 7.49. The van der Waals surface area contributed by atoms with Crippen molar-refractivity contribution in [3.05, 3.63) is 46.4 Å². The Morgan fingerprint density at radius 2 is 2.00 bits per heavy atom. The summed E-state index contributed by atoms with van der Waals surface area (Å²) in [4.78, 5) is 11.3. The van der Waals surface area contributed by atoms with Crippen LogP contribution < -0.4 is 5.69 Å². The highest BCUT2D eigenvalue weighted by molar-refractivity contribution is 5.32. The van der Waals surface area contributed by atoms with E-state index in [0.717, 1.165) is 0 Å². The molecule has 4 nitrogen and oxygen atoms in total. The second-order valence-electron chi connectivity index (χ2n) is 2.89. The maximum absolute atomic E-state index is 12.6. The lowest BCUT2D eigenvalue weighted by atomic mass is 10.3. The topological polar surface area (TPSA) is 50.7 Å². The summed E-state index contributed by atoms with van der Waals surface area (Å²) in [6, 6.07) is 5.65. The van der Waals surface area contributed by atoms with Crippen LogP contribution >= 0.6 is 0 Å². The molecule has 0 fully saturated rings. The Morgan fingerprint density at radius 1 is 1.36 bits per heavy atom. The van der Waals surface area contributed by atoms with E-state index < -0.39 is 0 Å². The van der Waals surface area contributed by atoms with E-state index in [9.17, 15) is 9.18 Å². The van der Waals surface area contributed by atoms with Gasteiger partial charge >= 0.3 is 5.69 Å². The number of aryl methyl sites for hydroxylation is 1. The molecular weight excluding hydrogens is 185 g/mol. The zero-order chi connectivity index (χ0) is 10.1. The first kappa shape index (κ1) is 8.68. The molecule has 1 aromatic heterocycles. The standard InChI is InChI=1S/C9H8FN3O/c1-6-11-12-9(14)13(6)8-4-2-7(10)3-5-8/h2-5H,1H3,(H,12,14). The minimum atomic E-state index is -0.331. The highest BCUT2D eigenvalue weighted by Crippen LogP contribution is 2.07. The number of benzene rings is 1. The first-order chi connectivity index (χ1) is 6.68. The number of H-pyrrole nitrogens is 1. The van der Waals surface area contributed by atoms with Crippen LogP contribution in [-0.4, -0.2) is 14.8 Å². The van der Waals surface area contributed by atoms with Gasteiger partial charge in [-0.05, 0) is 31.2 Å². The number of halogens is 1. The van der Waals surface area contributed by atoms with E-state index in [-0.39, 0.29) is 11.5 Å². The van der Waals surface area contributed by atoms with E-state index in [1.807, 2.05) is 0 Å². The van der Waals surface area contributed by atoms with Crippen LogP contribution in [0.1, 0.15) is 5.82 Å². The quantitative estimate of drug-likeness (QED) is 0.734. The highest BCUT2D eigenvalue weighted by Gasteiger charge is 2.05. The molecule has 2 aromatic rings. The van der Waals surface area contributed by atoms with Crippen LogP contribution in [0.3, 0.4) is 0 Å². The second-order valence-corrected chi connectivity index (χ2v) is 2.89. The Kier molecular flexibility index (Phi) is 1.92. The smallest absolute Gasteiger partial charge is 0.247 e. The Balaban J connectivity index is 2.60. The van der Waals surface area contributed by atoms with Gasteiger partial charge in [-0.1, -0.05) is 0 Å². The summed E-state index contributed by atoms with van der Waals surface area (Å²) >= 11 is 0. The van der Waals surface area contributed by atoms with Gasteiger partial charge in [-0.25, -0.2) is 18.9 Å². The lowest BCUT2D eigenvalue weighted by Gasteiger charge is -2.01. The van der Waals surface area contributed by atoms with Crippen LogP contribution in [0.15, 0.2) is 29.1 Å². The predicted octanol–water partition coefficient (Wildman–Crippen LogP) is 1.01. The molecule has 72 valence electrons. The summed E-state index contributed by atoms with van der Waals surface area (Å²) in [6.07, 6.45) is 0. The molecule has 0 aliphatic carbocycles. The minimum Gasteiger partial charge on any atom is -0.247 e. The molecule has 0 unspecified atom stereocenters. The van der Waals surface area contributed by atoms with Gasteiger partial charge in [0.25, 0.3) is 0 Å². The molecule has 0 aliphatic heterocycles. The van der Waals surface area contributed by atoms with Gasteiger partial charge in [-0.15, -0.1) is 0 Å². The average molecular weight is 193 g/mol. The lowest BCUT2D eigenvalue weighted by Crippen LogP contribution is -2.15. The molecule has 0 saturated heterocycles. The van der Waals surface area contributed by atoms with Crippen molar-refractivity contribution in [3.63, 3.8) is 0 Å². The van der Waals surface area contributed by atoms with Crippen LogP contribution in [0.5, 0.6) is 0 Å². The number of aromatic amines is 1. The molecule has 1 N–H and O–H groups in total. The fourth-order valence-electron chi connectivity index (χ4n) is 1.27. The van der Waals surface area contributed by atoms with Gasteiger partial charge in [-0.3, -0.25) is 0 Å². The monoisotopic (exact) mass is 193 g/mol. The van der Waals surface area contributed by atoms with E-state index in [1.165, 1.54) is 28.8 Å². The van der Waals surface area contributed by atoms with Crippen LogP contribution in [0.2, 0.25) is 0 Å². The Bertz CT molecular complexity index is 498. The molecular formula is C9H8FN3O. The number of hydrogen-bond acceptors (Lipinski definition) is 2. The van der Waals surface area contributed by atoms with E-state index in [0.29, 0.717) is 11.5 Å². The molecule has 0 amide bonds. The van der Waals surface area contributed by atoms with Gasteiger partial charge < -0.3 is 0 Å². The van der Waals surface area contributed by atoms with E-state index in [2.05, 4.69) is 10.2 Å². The van der Waals surface area contributed by atoms with Gasteiger partial charge in [-0.2, -0.15) is 5.10 Å². The van der Waals surface area contributed by atoms with Crippen molar-refractivity contribution in [1.82, 2.24) is 14.8 Å². The number of nitrogens with zero attached hydrogens (tertiary/aromatic N) is 2. The highest BCUT2D eigenvalue weighted by atomic mass is 19.1. The Labute approximate surface area is 79.0 Å². The van der Waals surface area contributed by atoms with Crippen LogP contribution in [0.25, 0.3) is 5.69 Å². The molecule has 0 radical (unpaired) electrons. The summed E-state index contributed by atoms with van der Waals surface area (Å²) in [5.74, 6) is 0.213. The first-order valence-corrected chi connectivity index (χ1v) is 4.08. The van der Waals surface area contributed by atoms with Crippen LogP contribution in [-0.2, 0) is 0 Å². The third-order valence-electron chi connectivity index (χ3n) is 1.92. The maximum Gasteiger partial charge on any atom is 0.347 e. The van der Waals surface area contributed by atoms with Crippen molar-refractivity contribution in [2.45, 2.75) is 6.92 Å². The molecule has 14 heavy (non-hydrogen) atoms. The number of aromatic nitrogens is 3. The van der Waals surface area contributed by atoms with Crippen molar-refractivity contribution in [3.8, 4) is 5.69 Å². The second kappa shape index (κ2) is 3.10. The van der Waals surface area contributed by atoms with Crippen LogP contribution in [0, 0.1) is 12.7 Å². The fourth-order valence-corrected chi connectivity index (χ4v) is 1.27. The summed E-state index contributed by atoms with van der Waals surface area (Å²) in [6.45, 7) is 1.70. The van der Waals surface area contributed by atoms with Gasteiger partial charge in [0, 0.05) is 0 Å². The third kappa shape index (κ3) is 1.32. The summed E-state index contributed by atoms with van der Waals surface area (Å²) in [5.41, 5.74) is 0.275. The molecule has 2 rings (SSSR count). The summed E-state index contributed by atoms with van der Waals surface area (Å²) < 4.78 is 14.0. The first-order valence-electron chi connectivity index (χ1n) is 4.08. The molecule has 1 heterocycles. The molecule has 0 aliphatic rings. The molecule has 5 heteroatoms. The van der Waals surface area contributed by atoms with Crippen molar-refractivity contribution in [2.24, 2.45) is 0 Å². The van der Waals surface area contributed by atoms with Crippen molar-refractivity contribution in [1.29, 1.82) is 0 Å². The van der Waals surface area contributed by atoms with Gasteiger partial charge in [0.15, 0.2) is 0 Å². The van der Waals surface area contributed by atoms with Gasteiger partial charge in [0.05, 0.1) is 5.69 Å². The van der Waals surface area contributed by atoms with E-state index in [4.69, 9.17) is 0 Å². The lowest BCUT2D eigenvalue weighted by molar-refractivity contribution is 0.627. The number of rotatable bonds is 1. The molecule has 0 saturated carbocycles. The molecule has 0 spiro atoms. The molecule has 1 aromatic carbocycles. The normalized spacial score (nSPS) is 10.4. The summed E-state index contributed by atoms with van der Waals surface area (Å²) in [5, 5.41) is 6.06. The van der Waals surface area contributed by atoms with Gasteiger partial charge in [0.2, 0.25) is 0 Å². The SMILES string of the molecule is Cc1n[nH]c(=O)n1-c1ccc(F)cc1. The number of nitrogens with one attached hydrogen (secondary N) is 1. The maximum atomic E-state index is 12.6. The van der Waals surface area contributed by atoms with Crippen LogP contribution in [0.4, 0.5) is 4.39 Å². The third-order valence-corrected chi connectivity index (χ3v) is 1.92. The van der Waals surface area contributed by atoms with Gasteiger partial charge in [0.1, 0.15) is 11.6 Å². The van der Waals surface area contributed by atoms with Crippen molar-refractivity contribution in [2.75, 3.05) is 0 Å². The summed E-state index contributed by atoms with van der Waals surface area (Å²) in [7, 11) is 0. The molecule has 0 atom stereocenters. The van der Waals surface area contributed by atoms with Crippen molar-refractivity contribution >= 4 is 0 Å². The fraction of sp³-hybridized carbons (Fsp3) is 0.111. The number of hydrogen-bond donors (Lipinski definition) is 1. The average Bonchev–Trinajstić information content (AvgIpc) is 2.49. The minimum absolute atomic E-state index is 0.325. The van der Waals surface area contributed by atoms with E-state index >= 15 is 0 Å². The largest absolute Gasteiger partial charge is 0.347 e. The van der Waals surface area contributed by atoms with E-state index in [1.54, 1.807) is 6.92 Å². The van der Waals surface area contributed by atoms with Crippen molar-refractivity contribution < 1.29 is 4.39 Å².